The number of ether oxygens (including phenoxy) is 1. The van der Waals surface area contributed by atoms with Gasteiger partial charge in [-0.1, -0.05) is 37.3 Å². The maximum Gasteiger partial charge on any atom is 0.252 e. The largest absolute Gasteiger partial charge is 0.496 e. The van der Waals surface area contributed by atoms with Crippen LogP contribution in [0.2, 0.25) is 0 Å². The summed E-state index contributed by atoms with van der Waals surface area (Å²) in [6, 6.07) is 17.8. The van der Waals surface area contributed by atoms with Crippen molar-refractivity contribution < 1.29 is 9.53 Å². The lowest BCUT2D eigenvalue weighted by Gasteiger charge is -2.10. The zero-order valence-electron chi connectivity index (χ0n) is 16.2. The van der Waals surface area contributed by atoms with Crippen LogP contribution in [0.15, 0.2) is 67.0 Å². The Balaban J connectivity index is 1.58. The Kier molecular flexibility index (Phi) is 6.63. The first-order valence-electron chi connectivity index (χ1n) is 9.40. The van der Waals surface area contributed by atoms with Gasteiger partial charge in [0, 0.05) is 18.4 Å². The van der Waals surface area contributed by atoms with E-state index in [1.807, 2.05) is 36.4 Å². The first-order valence-corrected chi connectivity index (χ1v) is 9.40. The molecule has 0 aliphatic heterocycles. The topological polar surface area (TPSA) is 63.2 Å². The fraction of sp³-hybridized carbons (Fsp3) is 0.217. The highest BCUT2D eigenvalue weighted by Crippen LogP contribution is 2.19. The number of pyridine rings is 1. The number of aromatic nitrogens is 1. The molecule has 144 valence electrons. The minimum Gasteiger partial charge on any atom is -0.496 e. The Morgan fingerprint density at radius 1 is 1.04 bits per heavy atom. The number of benzene rings is 2. The van der Waals surface area contributed by atoms with Gasteiger partial charge < -0.3 is 15.4 Å². The lowest BCUT2D eigenvalue weighted by Crippen LogP contribution is -2.26. The third kappa shape index (κ3) is 5.10. The van der Waals surface area contributed by atoms with E-state index in [4.69, 9.17) is 4.74 Å². The Hall–Kier alpha value is -3.34. The van der Waals surface area contributed by atoms with E-state index in [1.165, 1.54) is 5.56 Å². The van der Waals surface area contributed by atoms with Gasteiger partial charge in [0.1, 0.15) is 5.75 Å². The third-order valence-electron chi connectivity index (χ3n) is 4.52. The van der Waals surface area contributed by atoms with Crippen molar-refractivity contribution in [3.05, 3.63) is 83.7 Å². The van der Waals surface area contributed by atoms with E-state index in [1.54, 1.807) is 25.6 Å². The highest BCUT2D eigenvalue weighted by Gasteiger charge is 2.08. The average molecular weight is 375 g/mol. The molecule has 0 unspecified atom stereocenters. The summed E-state index contributed by atoms with van der Waals surface area (Å²) in [6.07, 6.45) is 4.99. The number of anilines is 2. The zero-order chi connectivity index (χ0) is 19.8. The Bertz CT molecular complexity index is 923. The van der Waals surface area contributed by atoms with Crippen molar-refractivity contribution in [3.63, 3.8) is 0 Å². The second kappa shape index (κ2) is 9.55. The van der Waals surface area contributed by atoms with Crippen molar-refractivity contribution in [2.45, 2.75) is 19.8 Å². The Labute approximate surface area is 165 Å². The fourth-order valence-electron chi connectivity index (χ4n) is 2.95. The molecule has 3 aromatic rings. The molecule has 0 saturated heterocycles. The van der Waals surface area contributed by atoms with Crippen LogP contribution < -0.4 is 15.4 Å². The van der Waals surface area contributed by atoms with Crippen LogP contribution in [-0.4, -0.2) is 24.5 Å². The summed E-state index contributed by atoms with van der Waals surface area (Å²) in [4.78, 5) is 16.7. The molecule has 0 aliphatic carbocycles. The molecule has 2 aromatic carbocycles. The second-order valence-corrected chi connectivity index (χ2v) is 6.46. The lowest BCUT2D eigenvalue weighted by atomic mass is 10.1. The van der Waals surface area contributed by atoms with E-state index in [-0.39, 0.29) is 5.91 Å². The number of nitrogens with one attached hydrogen (secondary N) is 2. The molecule has 0 atom stereocenters. The number of hydrogen-bond acceptors (Lipinski definition) is 4. The number of methoxy groups -OCH3 is 1. The van der Waals surface area contributed by atoms with Gasteiger partial charge in [-0.15, -0.1) is 0 Å². The molecule has 1 amide bonds. The quantitative estimate of drug-likeness (QED) is 0.614. The van der Waals surface area contributed by atoms with Gasteiger partial charge in [0.2, 0.25) is 0 Å². The monoisotopic (exact) mass is 375 g/mol. The van der Waals surface area contributed by atoms with E-state index in [0.717, 1.165) is 29.1 Å². The van der Waals surface area contributed by atoms with Crippen LogP contribution in [0.3, 0.4) is 0 Å². The zero-order valence-corrected chi connectivity index (χ0v) is 16.2. The maximum atomic E-state index is 12.5. The van der Waals surface area contributed by atoms with Crippen molar-refractivity contribution in [2.75, 3.05) is 19.0 Å². The number of aryl methyl sites for hydroxylation is 1. The van der Waals surface area contributed by atoms with Crippen LogP contribution in [0.4, 0.5) is 11.4 Å². The summed E-state index contributed by atoms with van der Waals surface area (Å²) in [5.41, 5.74) is 4.62. The minimum atomic E-state index is -0.146. The van der Waals surface area contributed by atoms with Gasteiger partial charge in [-0.3, -0.25) is 9.78 Å². The number of hydrogen-bond donors (Lipinski definition) is 2. The maximum absolute atomic E-state index is 12.5. The van der Waals surface area contributed by atoms with E-state index in [9.17, 15) is 4.79 Å². The van der Waals surface area contributed by atoms with Crippen LogP contribution in [0.1, 0.15) is 28.4 Å². The van der Waals surface area contributed by atoms with Crippen LogP contribution in [0.5, 0.6) is 5.75 Å². The summed E-state index contributed by atoms with van der Waals surface area (Å²) in [5.74, 6) is 0.686. The van der Waals surface area contributed by atoms with Gasteiger partial charge in [-0.05, 0) is 48.2 Å². The van der Waals surface area contributed by atoms with Crippen molar-refractivity contribution in [1.82, 2.24) is 10.3 Å². The lowest BCUT2D eigenvalue weighted by molar-refractivity contribution is 0.0953. The number of carbonyl (C=O) groups excluding carboxylic acids is 1. The molecule has 0 fully saturated rings. The summed E-state index contributed by atoms with van der Waals surface area (Å²) in [5, 5.41) is 6.23. The summed E-state index contributed by atoms with van der Waals surface area (Å²) in [7, 11) is 1.65. The normalized spacial score (nSPS) is 10.4. The molecule has 5 heteroatoms. The Morgan fingerprint density at radius 3 is 2.57 bits per heavy atom. The molecular weight excluding hydrogens is 350 g/mol. The van der Waals surface area contributed by atoms with Crippen LogP contribution in [0, 0.1) is 0 Å². The number of rotatable bonds is 8. The molecule has 3 rings (SSSR count). The van der Waals surface area contributed by atoms with Crippen LogP contribution >= 0.6 is 0 Å². The molecule has 0 bridgehead atoms. The van der Waals surface area contributed by atoms with Gasteiger partial charge in [-0.25, -0.2) is 0 Å². The minimum absolute atomic E-state index is 0.146. The fourth-order valence-corrected chi connectivity index (χ4v) is 2.95. The summed E-state index contributed by atoms with van der Waals surface area (Å²) >= 11 is 0. The van der Waals surface area contributed by atoms with Crippen molar-refractivity contribution in [2.24, 2.45) is 0 Å². The predicted molar refractivity (Wildman–Crippen MR) is 112 cm³/mol. The molecule has 1 heterocycles. The standard InChI is InChI=1S/C23H25N3O2/c1-3-17-8-10-20(11-9-17)26-21-14-19(15-24-16-21)23(27)25-13-12-18-6-4-5-7-22(18)28-2/h4-11,14-16,26H,3,12-13H2,1-2H3,(H,25,27). The van der Waals surface area contributed by atoms with Crippen LogP contribution in [0.25, 0.3) is 0 Å². The first-order chi connectivity index (χ1) is 13.7. The molecule has 28 heavy (non-hydrogen) atoms. The Morgan fingerprint density at radius 2 is 1.82 bits per heavy atom. The van der Waals surface area contributed by atoms with E-state index < -0.39 is 0 Å². The van der Waals surface area contributed by atoms with E-state index >= 15 is 0 Å². The summed E-state index contributed by atoms with van der Waals surface area (Å²) < 4.78 is 5.34. The number of para-hydroxylation sites is 1. The van der Waals surface area contributed by atoms with Gasteiger partial charge in [0.15, 0.2) is 0 Å². The highest BCUT2D eigenvalue weighted by molar-refractivity contribution is 5.94. The van der Waals surface area contributed by atoms with Crippen molar-refractivity contribution >= 4 is 17.3 Å². The molecule has 0 radical (unpaired) electrons. The first kappa shape index (κ1) is 19.4. The van der Waals surface area contributed by atoms with Crippen molar-refractivity contribution in [3.8, 4) is 5.75 Å². The molecule has 0 spiro atoms. The number of carbonyl (C=O) groups is 1. The number of amides is 1. The van der Waals surface area contributed by atoms with E-state index in [2.05, 4.69) is 34.7 Å². The number of nitrogens with zero attached hydrogens (tertiary/aromatic N) is 1. The smallest absolute Gasteiger partial charge is 0.252 e. The summed E-state index contributed by atoms with van der Waals surface area (Å²) in [6.45, 7) is 2.65. The SMILES string of the molecule is CCc1ccc(Nc2cncc(C(=O)NCCc3ccccc3OC)c2)cc1. The van der Waals surface area contributed by atoms with Crippen molar-refractivity contribution in [1.29, 1.82) is 0 Å². The van der Waals surface area contributed by atoms with Gasteiger partial charge in [0.25, 0.3) is 5.91 Å². The van der Waals surface area contributed by atoms with Gasteiger partial charge in [0.05, 0.1) is 24.6 Å². The average Bonchev–Trinajstić information content (AvgIpc) is 2.74. The second-order valence-electron chi connectivity index (χ2n) is 6.46. The molecular formula is C23H25N3O2. The molecule has 1 aromatic heterocycles. The molecule has 0 saturated carbocycles. The molecule has 2 N–H and O–H groups in total. The van der Waals surface area contributed by atoms with E-state index in [0.29, 0.717) is 18.5 Å². The van der Waals surface area contributed by atoms with Gasteiger partial charge in [-0.2, -0.15) is 0 Å². The molecule has 5 nitrogen and oxygen atoms in total. The van der Waals surface area contributed by atoms with Crippen LogP contribution in [-0.2, 0) is 12.8 Å². The molecule has 0 aliphatic rings. The third-order valence-corrected chi connectivity index (χ3v) is 4.52. The predicted octanol–water partition coefficient (Wildman–Crippen LogP) is 4.37. The highest BCUT2D eigenvalue weighted by atomic mass is 16.5. The van der Waals surface area contributed by atoms with Gasteiger partial charge >= 0.3 is 0 Å².